The fraction of sp³-hybridized carbons (Fsp3) is 0.182. The van der Waals surface area contributed by atoms with E-state index in [1.165, 1.54) is 0 Å². The quantitative estimate of drug-likeness (QED) is 0.552. The number of nitrogens with zero attached hydrogens (tertiary/aromatic N) is 1. The average molecular weight is 161 g/mol. The highest BCUT2D eigenvalue weighted by Gasteiger charge is 1.88. The normalized spacial score (nSPS) is 11.9. The third kappa shape index (κ3) is 5.42. The van der Waals surface area contributed by atoms with E-state index in [1.54, 1.807) is 12.2 Å². The molecular formula is C11H15N. The number of aliphatic imine (C=N–C) groups is 1. The molecule has 1 aliphatic rings. The lowest BCUT2D eigenvalue weighted by Gasteiger charge is -1.83. The molecule has 0 aromatic carbocycles. The molecule has 0 amide bonds. The smallest absolute Gasteiger partial charge is 0.0574 e. The maximum atomic E-state index is 4.17. The fourth-order valence-corrected chi connectivity index (χ4v) is 0.652. The molecule has 12 heavy (non-hydrogen) atoms. The van der Waals surface area contributed by atoms with E-state index in [0.29, 0.717) is 0 Å². The second-order valence-electron chi connectivity index (χ2n) is 2.09. The van der Waals surface area contributed by atoms with Crippen molar-refractivity contribution in [3.63, 3.8) is 0 Å². The fourth-order valence-electron chi connectivity index (χ4n) is 0.652. The van der Waals surface area contributed by atoms with Crippen LogP contribution < -0.4 is 0 Å². The third-order valence-corrected chi connectivity index (χ3v) is 1.15. The summed E-state index contributed by atoms with van der Waals surface area (Å²) < 4.78 is 0. The van der Waals surface area contributed by atoms with Crippen LogP contribution in [0.5, 0.6) is 0 Å². The summed E-state index contributed by atoms with van der Waals surface area (Å²) in [4.78, 5) is 4.17. The summed E-state index contributed by atoms with van der Waals surface area (Å²) in [6.45, 7) is 9.64. The van der Waals surface area contributed by atoms with Gasteiger partial charge in [0.2, 0.25) is 0 Å². The maximum Gasteiger partial charge on any atom is 0.0574 e. The van der Waals surface area contributed by atoms with Gasteiger partial charge in [-0.25, -0.2) is 0 Å². The van der Waals surface area contributed by atoms with Crippen molar-refractivity contribution in [1.82, 2.24) is 0 Å². The van der Waals surface area contributed by atoms with Gasteiger partial charge in [-0.2, -0.15) is 0 Å². The highest BCUT2D eigenvalue weighted by molar-refractivity contribution is 6.06. The monoisotopic (exact) mass is 161 g/mol. The highest BCUT2D eigenvalue weighted by Crippen LogP contribution is 1.94. The van der Waals surface area contributed by atoms with E-state index in [0.717, 1.165) is 12.3 Å². The van der Waals surface area contributed by atoms with Crippen molar-refractivity contribution in [3.05, 3.63) is 49.6 Å². The Morgan fingerprint density at radius 3 is 2.08 bits per heavy atom. The van der Waals surface area contributed by atoms with E-state index in [4.69, 9.17) is 0 Å². The van der Waals surface area contributed by atoms with E-state index in [9.17, 15) is 0 Å². The predicted molar refractivity (Wildman–Crippen MR) is 56.7 cm³/mol. The van der Waals surface area contributed by atoms with Crippen LogP contribution >= 0.6 is 0 Å². The van der Waals surface area contributed by atoms with Crippen molar-refractivity contribution in [1.29, 1.82) is 0 Å². The molecule has 0 radical (unpaired) electrons. The van der Waals surface area contributed by atoms with Crippen molar-refractivity contribution in [2.75, 3.05) is 6.54 Å². The molecule has 1 aliphatic carbocycles. The molecule has 0 N–H and O–H groups in total. The number of allylic oxidation sites excluding steroid dienone is 6. The summed E-state index contributed by atoms with van der Waals surface area (Å²) in [5.41, 5.74) is 1.09. The van der Waals surface area contributed by atoms with Crippen LogP contribution in [0.2, 0.25) is 0 Å². The first-order chi connectivity index (χ1) is 5.85. The standard InChI is InChI=1S/C7H9N.C4H6/c1-2-8-7-5-3-4-6-7;1-3-4-2/h3-6H,2H2,1H3;3-4H,1-2H2. The Morgan fingerprint density at radius 2 is 1.75 bits per heavy atom. The molecule has 0 heterocycles. The van der Waals surface area contributed by atoms with Crippen LogP contribution in [0.1, 0.15) is 6.92 Å². The SMILES string of the molecule is C=CC=C.CCN=C1C=CC=C1. The molecule has 0 saturated carbocycles. The molecule has 1 heteroatoms. The minimum Gasteiger partial charge on any atom is -0.286 e. The molecule has 1 nitrogen and oxygen atoms in total. The van der Waals surface area contributed by atoms with E-state index >= 15 is 0 Å². The van der Waals surface area contributed by atoms with Gasteiger partial charge in [0.15, 0.2) is 0 Å². The van der Waals surface area contributed by atoms with Gasteiger partial charge in [0.25, 0.3) is 0 Å². The zero-order valence-corrected chi connectivity index (χ0v) is 7.53. The Kier molecular flexibility index (Phi) is 6.85. The van der Waals surface area contributed by atoms with Crippen molar-refractivity contribution >= 4 is 5.71 Å². The maximum absolute atomic E-state index is 4.17. The summed E-state index contributed by atoms with van der Waals surface area (Å²) in [6, 6.07) is 0. The lowest BCUT2D eigenvalue weighted by molar-refractivity contribution is 1.13. The van der Waals surface area contributed by atoms with Gasteiger partial charge in [-0.1, -0.05) is 37.5 Å². The average Bonchev–Trinajstić information content (AvgIpc) is 2.58. The molecule has 0 unspecified atom stereocenters. The minimum atomic E-state index is 0.879. The molecule has 0 fully saturated rings. The molecule has 0 spiro atoms. The first-order valence-electron chi connectivity index (χ1n) is 3.97. The van der Waals surface area contributed by atoms with Gasteiger partial charge in [-0.15, -0.1) is 0 Å². The van der Waals surface area contributed by atoms with Gasteiger partial charge in [-0.3, -0.25) is 4.99 Å². The van der Waals surface area contributed by atoms with E-state index < -0.39 is 0 Å². The van der Waals surface area contributed by atoms with Crippen LogP contribution in [0.15, 0.2) is 54.6 Å². The zero-order chi connectivity index (χ0) is 9.23. The lowest BCUT2D eigenvalue weighted by atomic mass is 10.4. The number of hydrogen-bond acceptors (Lipinski definition) is 1. The molecule has 0 aromatic heterocycles. The third-order valence-electron chi connectivity index (χ3n) is 1.15. The minimum absolute atomic E-state index is 0.879. The van der Waals surface area contributed by atoms with Crippen molar-refractivity contribution in [3.8, 4) is 0 Å². The van der Waals surface area contributed by atoms with Crippen LogP contribution in [0.4, 0.5) is 0 Å². The first-order valence-corrected chi connectivity index (χ1v) is 3.97. The topological polar surface area (TPSA) is 12.4 Å². The van der Waals surface area contributed by atoms with Gasteiger partial charge in [0, 0.05) is 6.54 Å². The molecule has 0 atom stereocenters. The van der Waals surface area contributed by atoms with E-state index in [1.807, 2.05) is 31.2 Å². The van der Waals surface area contributed by atoms with Crippen LogP contribution in [-0.4, -0.2) is 12.3 Å². The van der Waals surface area contributed by atoms with Crippen LogP contribution in [-0.2, 0) is 0 Å². The Labute approximate surface area is 74.5 Å². The van der Waals surface area contributed by atoms with Gasteiger partial charge < -0.3 is 0 Å². The van der Waals surface area contributed by atoms with Gasteiger partial charge >= 0.3 is 0 Å². The van der Waals surface area contributed by atoms with Crippen molar-refractivity contribution in [2.45, 2.75) is 6.92 Å². The second-order valence-corrected chi connectivity index (χ2v) is 2.09. The Bertz CT molecular complexity index is 199. The zero-order valence-electron chi connectivity index (χ0n) is 7.53. The summed E-state index contributed by atoms with van der Waals surface area (Å²) in [7, 11) is 0. The first kappa shape index (κ1) is 10.6. The number of hydrogen-bond donors (Lipinski definition) is 0. The van der Waals surface area contributed by atoms with Crippen LogP contribution in [0.3, 0.4) is 0 Å². The lowest BCUT2D eigenvalue weighted by Crippen LogP contribution is -1.83. The molecular weight excluding hydrogens is 146 g/mol. The molecule has 0 saturated heterocycles. The largest absolute Gasteiger partial charge is 0.286 e. The molecule has 1 rings (SSSR count). The summed E-state index contributed by atoms with van der Waals surface area (Å²) in [5.74, 6) is 0. The van der Waals surface area contributed by atoms with E-state index in [-0.39, 0.29) is 0 Å². The predicted octanol–water partition coefficient (Wildman–Crippen LogP) is 2.93. The Morgan fingerprint density at radius 1 is 1.25 bits per heavy atom. The van der Waals surface area contributed by atoms with Crippen LogP contribution in [0, 0.1) is 0 Å². The van der Waals surface area contributed by atoms with Gasteiger partial charge in [-0.05, 0) is 19.1 Å². The highest BCUT2D eigenvalue weighted by atomic mass is 14.7. The van der Waals surface area contributed by atoms with Crippen LogP contribution in [0.25, 0.3) is 0 Å². The molecule has 0 bridgehead atoms. The molecule has 0 aromatic rings. The second kappa shape index (κ2) is 7.73. The Balaban J connectivity index is 0.000000261. The van der Waals surface area contributed by atoms with Crippen molar-refractivity contribution in [2.24, 2.45) is 4.99 Å². The molecule has 64 valence electrons. The van der Waals surface area contributed by atoms with E-state index in [2.05, 4.69) is 18.2 Å². The van der Waals surface area contributed by atoms with Gasteiger partial charge in [0.05, 0.1) is 5.71 Å². The molecule has 0 aliphatic heterocycles. The Hall–Kier alpha value is -1.37. The summed E-state index contributed by atoms with van der Waals surface area (Å²) in [5, 5.41) is 0. The number of rotatable bonds is 2. The van der Waals surface area contributed by atoms with Gasteiger partial charge in [0.1, 0.15) is 0 Å². The van der Waals surface area contributed by atoms with Crippen molar-refractivity contribution < 1.29 is 0 Å². The summed E-state index contributed by atoms with van der Waals surface area (Å²) in [6.07, 6.45) is 11.3. The summed E-state index contributed by atoms with van der Waals surface area (Å²) >= 11 is 0.